The quantitative estimate of drug-likeness (QED) is 0.934. The Bertz CT molecular complexity index is 739. The Hall–Kier alpha value is -2.34. The molecule has 0 saturated heterocycles. The average Bonchev–Trinajstić information content (AvgIpc) is 2.79. The molecule has 0 aliphatic carbocycles. The molecule has 3 rings (SSSR count). The van der Waals surface area contributed by atoms with E-state index in [1.165, 1.54) is 0 Å². The fraction of sp³-hybridized carbons (Fsp3) is 0.444. The maximum absolute atomic E-state index is 12.0. The van der Waals surface area contributed by atoms with Gasteiger partial charge in [0.05, 0.1) is 5.69 Å². The van der Waals surface area contributed by atoms with Gasteiger partial charge in [0.25, 0.3) is 0 Å². The van der Waals surface area contributed by atoms with E-state index in [1.54, 1.807) is 0 Å². The zero-order valence-corrected chi connectivity index (χ0v) is 14.3. The Kier molecular flexibility index (Phi) is 4.57. The lowest BCUT2D eigenvalue weighted by Gasteiger charge is -2.26. The van der Waals surface area contributed by atoms with E-state index in [9.17, 15) is 9.90 Å². The molecule has 0 radical (unpaired) electrons. The number of ether oxygens (including phenoxy) is 1. The van der Waals surface area contributed by atoms with Crippen LogP contribution >= 0.6 is 0 Å². The van der Waals surface area contributed by atoms with Gasteiger partial charge in [0, 0.05) is 36.5 Å². The standard InChI is InChI=1S/C18H23N3O3/c1-12(2)21-11-14(13(3)19-21)10-20-8-9-24-16-7-5-4-6-15(16)17(20)18(22)23/h4-7,11-12,17H,8-10H2,1-3H3,(H,22,23)/t17-/m1/s1. The van der Waals surface area contributed by atoms with Crippen molar-refractivity contribution in [3.05, 3.63) is 47.3 Å². The third-order valence-corrected chi connectivity index (χ3v) is 4.37. The van der Waals surface area contributed by atoms with Crippen LogP contribution in [0, 0.1) is 6.92 Å². The molecule has 0 unspecified atom stereocenters. The van der Waals surface area contributed by atoms with Gasteiger partial charge in [0.2, 0.25) is 0 Å². The lowest BCUT2D eigenvalue weighted by molar-refractivity contribution is -0.143. The van der Waals surface area contributed by atoms with E-state index < -0.39 is 12.0 Å². The van der Waals surface area contributed by atoms with Gasteiger partial charge in [-0.25, -0.2) is 0 Å². The number of hydrogen-bond donors (Lipinski definition) is 1. The number of carboxylic acid groups (broad SMARTS) is 1. The largest absolute Gasteiger partial charge is 0.492 e. The molecular weight excluding hydrogens is 306 g/mol. The SMILES string of the molecule is Cc1nn(C(C)C)cc1CN1CCOc2ccccc2[C@@H]1C(=O)O. The maximum Gasteiger partial charge on any atom is 0.325 e. The van der Waals surface area contributed by atoms with Crippen LogP contribution < -0.4 is 4.74 Å². The molecule has 24 heavy (non-hydrogen) atoms. The molecule has 1 aromatic carbocycles. The summed E-state index contributed by atoms with van der Waals surface area (Å²) in [5.41, 5.74) is 2.69. The van der Waals surface area contributed by atoms with E-state index in [0.29, 0.717) is 31.0 Å². The van der Waals surface area contributed by atoms with Crippen molar-refractivity contribution in [2.45, 2.75) is 39.4 Å². The second kappa shape index (κ2) is 6.65. The Morgan fingerprint density at radius 3 is 2.83 bits per heavy atom. The first-order chi connectivity index (χ1) is 11.5. The molecule has 0 bridgehead atoms. The van der Waals surface area contributed by atoms with Crippen LogP contribution in [0.3, 0.4) is 0 Å². The summed E-state index contributed by atoms with van der Waals surface area (Å²) in [7, 11) is 0. The summed E-state index contributed by atoms with van der Waals surface area (Å²) in [6.45, 7) is 7.67. The molecule has 6 heteroatoms. The van der Waals surface area contributed by atoms with Gasteiger partial charge in [-0.15, -0.1) is 0 Å². The first-order valence-corrected chi connectivity index (χ1v) is 8.20. The van der Waals surface area contributed by atoms with Crippen LogP contribution in [0.15, 0.2) is 30.5 Å². The predicted molar refractivity (Wildman–Crippen MR) is 90.1 cm³/mol. The molecule has 0 spiro atoms. The van der Waals surface area contributed by atoms with E-state index in [4.69, 9.17) is 4.74 Å². The molecule has 1 N–H and O–H groups in total. The number of aromatic nitrogens is 2. The third-order valence-electron chi connectivity index (χ3n) is 4.37. The topological polar surface area (TPSA) is 67.6 Å². The highest BCUT2D eigenvalue weighted by molar-refractivity contribution is 5.77. The molecule has 2 aromatic rings. The molecule has 1 aliphatic heterocycles. The minimum Gasteiger partial charge on any atom is -0.492 e. The molecule has 2 heterocycles. The molecule has 0 saturated carbocycles. The highest BCUT2D eigenvalue weighted by atomic mass is 16.5. The summed E-state index contributed by atoms with van der Waals surface area (Å²) < 4.78 is 7.66. The second-order valence-electron chi connectivity index (χ2n) is 6.41. The summed E-state index contributed by atoms with van der Waals surface area (Å²) in [6, 6.07) is 6.94. The zero-order chi connectivity index (χ0) is 17.3. The van der Waals surface area contributed by atoms with Crippen molar-refractivity contribution < 1.29 is 14.6 Å². The van der Waals surface area contributed by atoms with Gasteiger partial charge >= 0.3 is 5.97 Å². The fourth-order valence-electron chi connectivity index (χ4n) is 3.05. The Balaban J connectivity index is 1.93. The van der Waals surface area contributed by atoms with Crippen LogP contribution in [0.25, 0.3) is 0 Å². The number of hydrogen-bond acceptors (Lipinski definition) is 4. The molecule has 1 atom stereocenters. The van der Waals surface area contributed by atoms with Gasteiger partial charge in [-0.05, 0) is 26.8 Å². The molecular formula is C18H23N3O3. The molecule has 0 fully saturated rings. The average molecular weight is 329 g/mol. The van der Waals surface area contributed by atoms with Crippen molar-refractivity contribution in [1.29, 1.82) is 0 Å². The first kappa shape index (κ1) is 16.5. The Labute approximate surface area is 141 Å². The monoisotopic (exact) mass is 329 g/mol. The van der Waals surface area contributed by atoms with Crippen molar-refractivity contribution >= 4 is 5.97 Å². The van der Waals surface area contributed by atoms with Gasteiger partial charge in [-0.2, -0.15) is 5.10 Å². The highest BCUT2D eigenvalue weighted by Gasteiger charge is 2.32. The van der Waals surface area contributed by atoms with Crippen LogP contribution in [-0.2, 0) is 11.3 Å². The number of para-hydroxylation sites is 1. The summed E-state index contributed by atoms with van der Waals surface area (Å²) in [6.07, 6.45) is 2.01. The van der Waals surface area contributed by atoms with Gasteiger partial charge in [0.15, 0.2) is 0 Å². The Morgan fingerprint density at radius 2 is 2.17 bits per heavy atom. The van der Waals surface area contributed by atoms with Crippen LogP contribution in [0.2, 0.25) is 0 Å². The van der Waals surface area contributed by atoms with Gasteiger partial charge in [-0.1, -0.05) is 18.2 Å². The summed E-state index contributed by atoms with van der Waals surface area (Å²) in [5.74, 6) is -0.205. The summed E-state index contributed by atoms with van der Waals surface area (Å²) in [4.78, 5) is 13.9. The smallest absolute Gasteiger partial charge is 0.325 e. The van der Waals surface area contributed by atoms with Crippen molar-refractivity contribution in [1.82, 2.24) is 14.7 Å². The van der Waals surface area contributed by atoms with E-state index >= 15 is 0 Å². The molecule has 6 nitrogen and oxygen atoms in total. The third kappa shape index (κ3) is 3.14. The molecule has 0 amide bonds. The maximum atomic E-state index is 12.0. The van der Waals surface area contributed by atoms with E-state index in [1.807, 2.05) is 47.0 Å². The number of carbonyl (C=O) groups is 1. The molecule has 128 valence electrons. The van der Waals surface area contributed by atoms with Gasteiger partial charge < -0.3 is 9.84 Å². The summed E-state index contributed by atoms with van der Waals surface area (Å²) >= 11 is 0. The van der Waals surface area contributed by atoms with Crippen LogP contribution in [-0.4, -0.2) is 38.9 Å². The van der Waals surface area contributed by atoms with Crippen LogP contribution in [0.4, 0.5) is 0 Å². The number of benzene rings is 1. The normalized spacial score (nSPS) is 18.1. The van der Waals surface area contributed by atoms with Gasteiger partial charge in [0.1, 0.15) is 18.4 Å². The minimum atomic E-state index is -0.859. The van der Waals surface area contributed by atoms with Crippen LogP contribution in [0.5, 0.6) is 5.75 Å². The van der Waals surface area contributed by atoms with E-state index in [2.05, 4.69) is 18.9 Å². The van der Waals surface area contributed by atoms with Crippen molar-refractivity contribution in [2.24, 2.45) is 0 Å². The first-order valence-electron chi connectivity index (χ1n) is 8.20. The number of fused-ring (bicyclic) bond motifs is 1. The van der Waals surface area contributed by atoms with Crippen LogP contribution in [0.1, 0.15) is 42.8 Å². The molecule has 1 aromatic heterocycles. The number of rotatable bonds is 4. The number of nitrogens with zero attached hydrogens (tertiary/aromatic N) is 3. The predicted octanol–water partition coefficient (Wildman–Crippen LogP) is 2.79. The summed E-state index contributed by atoms with van der Waals surface area (Å²) in [5, 5.41) is 14.3. The number of aryl methyl sites for hydroxylation is 1. The van der Waals surface area contributed by atoms with E-state index in [-0.39, 0.29) is 6.04 Å². The van der Waals surface area contributed by atoms with E-state index in [0.717, 1.165) is 11.3 Å². The lowest BCUT2D eigenvalue weighted by Crippen LogP contribution is -2.34. The minimum absolute atomic E-state index is 0.279. The van der Waals surface area contributed by atoms with Crippen molar-refractivity contribution in [3.63, 3.8) is 0 Å². The Morgan fingerprint density at radius 1 is 1.42 bits per heavy atom. The number of aliphatic carboxylic acids is 1. The molecule has 1 aliphatic rings. The zero-order valence-electron chi connectivity index (χ0n) is 14.3. The second-order valence-corrected chi connectivity index (χ2v) is 6.41. The fourth-order valence-corrected chi connectivity index (χ4v) is 3.05. The van der Waals surface area contributed by atoms with Gasteiger partial charge in [-0.3, -0.25) is 14.4 Å². The van der Waals surface area contributed by atoms with Crippen molar-refractivity contribution in [2.75, 3.05) is 13.2 Å². The number of carboxylic acids is 1. The lowest BCUT2D eigenvalue weighted by atomic mass is 10.0. The van der Waals surface area contributed by atoms with Crippen molar-refractivity contribution in [3.8, 4) is 5.75 Å². The highest BCUT2D eigenvalue weighted by Crippen LogP contribution is 2.33.